The average molecular weight is 255 g/mol. The summed E-state index contributed by atoms with van der Waals surface area (Å²) in [6.45, 7) is 0.787. The summed E-state index contributed by atoms with van der Waals surface area (Å²) < 4.78 is 5.39. The zero-order valence-corrected chi connectivity index (χ0v) is 11.8. The minimum Gasteiger partial charge on any atom is -0.389 e. The van der Waals surface area contributed by atoms with Gasteiger partial charge in [0.15, 0.2) is 0 Å². The van der Waals surface area contributed by atoms with Crippen LogP contribution in [0.25, 0.3) is 0 Å². The van der Waals surface area contributed by atoms with Gasteiger partial charge in [0.25, 0.3) is 0 Å². The van der Waals surface area contributed by atoms with Gasteiger partial charge in [-0.15, -0.1) is 0 Å². The molecule has 0 bridgehead atoms. The second-order valence-electron chi connectivity index (χ2n) is 6.23. The van der Waals surface area contributed by atoms with Gasteiger partial charge in [0.2, 0.25) is 0 Å². The zero-order valence-electron chi connectivity index (χ0n) is 11.8. The van der Waals surface area contributed by atoms with Crippen LogP contribution in [0, 0.1) is 0 Å². The third kappa shape index (κ3) is 4.22. The summed E-state index contributed by atoms with van der Waals surface area (Å²) in [6.07, 6.45) is 12.1. The lowest BCUT2D eigenvalue weighted by Gasteiger charge is -2.33. The Morgan fingerprint density at radius 3 is 2.22 bits per heavy atom. The predicted molar refractivity (Wildman–Crippen MR) is 73.7 cm³/mol. The molecule has 0 saturated heterocycles. The molecule has 106 valence electrons. The Hall–Kier alpha value is -0.120. The molecule has 0 aliphatic heterocycles. The molecule has 0 heterocycles. The van der Waals surface area contributed by atoms with Crippen molar-refractivity contribution >= 4 is 0 Å². The molecule has 0 aromatic heterocycles. The van der Waals surface area contributed by atoms with E-state index in [1.807, 2.05) is 7.11 Å². The van der Waals surface area contributed by atoms with E-state index in [9.17, 15) is 5.11 Å². The van der Waals surface area contributed by atoms with Crippen molar-refractivity contribution in [3.05, 3.63) is 0 Å². The molecule has 0 aromatic rings. The van der Waals surface area contributed by atoms with Crippen LogP contribution >= 0.6 is 0 Å². The molecule has 3 nitrogen and oxygen atoms in total. The summed E-state index contributed by atoms with van der Waals surface area (Å²) in [5.74, 6) is 0. The van der Waals surface area contributed by atoms with Crippen LogP contribution < -0.4 is 5.32 Å². The van der Waals surface area contributed by atoms with Gasteiger partial charge in [-0.3, -0.25) is 0 Å². The van der Waals surface area contributed by atoms with E-state index in [1.54, 1.807) is 0 Å². The first-order chi connectivity index (χ1) is 8.72. The summed E-state index contributed by atoms with van der Waals surface area (Å²) in [5.41, 5.74) is -0.436. The van der Waals surface area contributed by atoms with Crippen molar-refractivity contribution in [2.24, 2.45) is 0 Å². The standard InChI is InChI=1S/C15H29NO2/c1-18-14-8-6-13(7-9-14)16-12-15(17)10-4-2-3-5-11-15/h13-14,16-17H,2-12H2,1H3. The van der Waals surface area contributed by atoms with Gasteiger partial charge >= 0.3 is 0 Å². The fraction of sp³-hybridized carbons (Fsp3) is 1.00. The van der Waals surface area contributed by atoms with E-state index in [0.29, 0.717) is 12.1 Å². The number of hydrogen-bond acceptors (Lipinski definition) is 3. The van der Waals surface area contributed by atoms with Crippen LogP contribution in [0.15, 0.2) is 0 Å². The number of aliphatic hydroxyl groups is 1. The molecule has 2 aliphatic rings. The highest BCUT2D eigenvalue weighted by atomic mass is 16.5. The fourth-order valence-electron chi connectivity index (χ4n) is 3.40. The van der Waals surface area contributed by atoms with Crippen LogP contribution in [0.4, 0.5) is 0 Å². The highest BCUT2D eigenvalue weighted by molar-refractivity contribution is 4.86. The van der Waals surface area contributed by atoms with E-state index in [2.05, 4.69) is 5.32 Å². The minimum atomic E-state index is -0.436. The molecule has 2 fully saturated rings. The van der Waals surface area contributed by atoms with Gasteiger partial charge in [-0.1, -0.05) is 25.7 Å². The molecule has 2 saturated carbocycles. The highest BCUT2D eigenvalue weighted by Crippen LogP contribution is 2.27. The maximum absolute atomic E-state index is 10.6. The first-order valence-electron chi connectivity index (χ1n) is 7.70. The van der Waals surface area contributed by atoms with Gasteiger partial charge in [-0.05, 0) is 38.5 Å². The van der Waals surface area contributed by atoms with E-state index in [1.165, 1.54) is 38.5 Å². The lowest BCUT2D eigenvalue weighted by molar-refractivity contribution is 0.0168. The van der Waals surface area contributed by atoms with E-state index in [4.69, 9.17) is 4.74 Å². The summed E-state index contributed by atoms with van der Waals surface area (Å²) in [5, 5.41) is 14.2. The average Bonchev–Trinajstić information content (AvgIpc) is 2.62. The summed E-state index contributed by atoms with van der Waals surface area (Å²) >= 11 is 0. The number of ether oxygens (including phenoxy) is 1. The van der Waals surface area contributed by atoms with Crippen LogP contribution in [-0.4, -0.2) is 36.5 Å². The molecule has 0 unspecified atom stereocenters. The molecule has 0 spiro atoms. The largest absolute Gasteiger partial charge is 0.389 e. The summed E-state index contributed by atoms with van der Waals surface area (Å²) in [4.78, 5) is 0. The van der Waals surface area contributed by atoms with Crippen LogP contribution in [0.3, 0.4) is 0 Å². The molecular weight excluding hydrogens is 226 g/mol. The Labute approximate surface area is 111 Å². The smallest absolute Gasteiger partial charge is 0.0771 e. The van der Waals surface area contributed by atoms with Gasteiger partial charge in [-0.25, -0.2) is 0 Å². The van der Waals surface area contributed by atoms with Crippen molar-refractivity contribution in [2.75, 3.05) is 13.7 Å². The summed E-state index contributed by atoms with van der Waals surface area (Å²) in [6, 6.07) is 0.587. The van der Waals surface area contributed by atoms with E-state index in [0.717, 1.165) is 32.2 Å². The molecular formula is C15H29NO2. The van der Waals surface area contributed by atoms with Crippen molar-refractivity contribution in [3.8, 4) is 0 Å². The number of methoxy groups -OCH3 is 1. The second kappa shape index (κ2) is 6.88. The Balaban J connectivity index is 1.70. The van der Waals surface area contributed by atoms with Gasteiger partial charge < -0.3 is 15.2 Å². The van der Waals surface area contributed by atoms with E-state index < -0.39 is 5.60 Å². The van der Waals surface area contributed by atoms with Gasteiger partial charge in [0.05, 0.1) is 11.7 Å². The molecule has 2 rings (SSSR count). The van der Waals surface area contributed by atoms with Crippen molar-refractivity contribution in [1.82, 2.24) is 5.32 Å². The third-order valence-electron chi connectivity index (χ3n) is 4.76. The summed E-state index contributed by atoms with van der Waals surface area (Å²) in [7, 11) is 1.81. The topological polar surface area (TPSA) is 41.5 Å². The highest BCUT2D eigenvalue weighted by Gasteiger charge is 2.29. The fourth-order valence-corrected chi connectivity index (χ4v) is 3.40. The lowest BCUT2D eigenvalue weighted by atomic mass is 9.90. The van der Waals surface area contributed by atoms with Crippen LogP contribution in [0.1, 0.15) is 64.2 Å². The monoisotopic (exact) mass is 255 g/mol. The maximum Gasteiger partial charge on any atom is 0.0771 e. The van der Waals surface area contributed by atoms with Crippen molar-refractivity contribution in [1.29, 1.82) is 0 Å². The van der Waals surface area contributed by atoms with Crippen LogP contribution in [0.5, 0.6) is 0 Å². The normalized spacial score (nSPS) is 33.0. The zero-order chi connectivity index (χ0) is 12.8. The first kappa shape index (κ1) is 14.3. The SMILES string of the molecule is COC1CCC(NCC2(O)CCCCCC2)CC1. The molecule has 2 N–H and O–H groups in total. The molecule has 0 radical (unpaired) electrons. The van der Waals surface area contributed by atoms with Crippen molar-refractivity contribution in [2.45, 2.75) is 82.0 Å². The second-order valence-corrected chi connectivity index (χ2v) is 6.23. The van der Waals surface area contributed by atoms with Gasteiger partial charge in [0.1, 0.15) is 0 Å². The minimum absolute atomic E-state index is 0.436. The maximum atomic E-state index is 10.6. The predicted octanol–water partition coefficient (Wildman–Crippen LogP) is 2.62. The van der Waals surface area contributed by atoms with Crippen molar-refractivity contribution in [3.63, 3.8) is 0 Å². The van der Waals surface area contributed by atoms with E-state index >= 15 is 0 Å². The third-order valence-corrected chi connectivity index (χ3v) is 4.76. The van der Waals surface area contributed by atoms with Gasteiger partial charge in [0, 0.05) is 19.7 Å². The van der Waals surface area contributed by atoms with Crippen LogP contribution in [-0.2, 0) is 4.74 Å². The molecule has 0 amide bonds. The molecule has 0 atom stereocenters. The molecule has 2 aliphatic carbocycles. The quantitative estimate of drug-likeness (QED) is 0.759. The van der Waals surface area contributed by atoms with E-state index in [-0.39, 0.29) is 0 Å². The molecule has 0 aromatic carbocycles. The van der Waals surface area contributed by atoms with Crippen LogP contribution in [0.2, 0.25) is 0 Å². The molecule has 3 heteroatoms. The number of rotatable bonds is 4. The Bertz CT molecular complexity index is 229. The Morgan fingerprint density at radius 2 is 1.67 bits per heavy atom. The first-order valence-corrected chi connectivity index (χ1v) is 7.70. The van der Waals surface area contributed by atoms with Gasteiger partial charge in [-0.2, -0.15) is 0 Å². The number of hydrogen-bond donors (Lipinski definition) is 2. The number of nitrogens with one attached hydrogen (secondary N) is 1. The lowest BCUT2D eigenvalue weighted by Crippen LogP contribution is -2.45. The molecule has 18 heavy (non-hydrogen) atoms. The Kier molecular flexibility index (Phi) is 5.46. The Morgan fingerprint density at radius 1 is 1.06 bits per heavy atom. The van der Waals surface area contributed by atoms with Crippen molar-refractivity contribution < 1.29 is 9.84 Å².